The fourth-order valence-corrected chi connectivity index (χ4v) is 5.17. The minimum absolute atomic E-state index is 0.117. The van der Waals surface area contributed by atoms with Gasteiger partial charge in [0, 0.05) is 25.1 Å². The van der Waals surface area contributed by atoms with E-state index in [1.165, 1.54) is 25.9 Å². The van der Waals surface area contributed by atoms with Gasteiger partial charge in [0.25, 0.3) is 10.0 Å². The second kappa shape index (κ2) is 10.9. The smallest absolute Gasteiger partial charge is 0.263 e. The zero-order valence-corrected chi connectivity index (χ0v) is 18.7. The zero-order valence-electron chi connectivity index (χ0n) is 17.9. The minimum atomic E-state index is -3.47. The Kier molecular flexibility index (Phi) is 8.27. The van der Waals surface area contributed by atoms with Gasteiger partial charge in [0.1, 0.15) is 5.84 Å². The van der Waals surface area contributed by atoms with E-state index in [1.54, 1.807) is 18.2 Å². The Labute approximate surface area is 180 Å². The van der Waals surface area contributed by atoms with Gasteiger partial charge in [-0.05, 0) is 69.8 Å². The van der Waals surface area contributed by atoms with E-state index in [1.807, 2.05) is 6.07 Å². The monoisotopic (exact) mass is 434 g/mol. The first kappa shape index (κ1) is 22.7. The molecule has 2 aliphatic rings. The van der Waals surface area contributed by atoms with Crippen LogP contribution in [-0.2, 0) is 14.8 Å². The molecule has 166 valence electrons. The number of carbonyl (C=O) groups excluding carboxylic acids is 1. The number of sulfonamides is 1. The Balaban J connectivity index is 1.24. The van der Waals surface area contributed by atoms with Crippen LogP contribution in [0, 0.1) is 5.92 Å². The fourth-order valence-electron chi connectivity index (χ4n) is 3.92. The summed E-state index contributed by atoms with van der Waals surface area (Å²) in [5, 5.41) is 3.02. The highest BCUT2D eigenvalue weighted by atomic mass is 32.2. The lowest BCUT2D eigenvalue weighted by Gasteiger charge is -2.30. The van der Waals surface area contributed by atoms with Gasteiger partial charge in [0.05, 0.1) is 4.90 Å². The number of benzene rings is 1. The summed E-state index contributed by atoms with van der Waals surface area (Å²) in [5.41, 5.74) is 0.635. The van der Waals surface area contributed by atoms with Gasteiger partial charge < -0.3 is 10.2 Å². The normalized spacial score (nSPS) is 20.1. The van der Waals surface area contributed by atoms with Crippen molar-refractivity contribution in [3.8, 4) is 0 Å². The quantitative estimate of drug-likeness (QED) is 0.554. The number of amidine groups is 1. The van der Waals surface area contributed by atoms with Crippen molar-refractivity contribution >= 4 is 21.8 Å². The van der Waals surface area contributed by atoms with Crippen LogP contribution in [0.1, 0.15) is 57.4 Å². The number of nitrogens with zero attached hydrogens (tertiary/aromatic N) is 2. The number of hydrogen-bond acceptors (Lipinski definition) is 5. The Bertz CT molecular complexity index is 846. The predicted octanol–water partition coefficient (Wildman–Crippen LogP) is 2.52. The maximum absolute atomic E-state index is 12.0. The van der Waals surface area contributed by atoms with Crippen molar-refractivity contribution in [3.05, 3.63) is 29.8 Å². The number of aliphatic imine (C=N–C) groups is 1. The van der Waals surface area contributed by atoms with Crippen LogP contribution < -0.4 is 10.0 Å². The molecular formula is C22H34N4O3S. The summed E-state index contributed by atoms with van der Waals surface area (Å²) in [4.78, 5) is 19.2. The third-order valence-electron chi connectivity index (χ3n) is 5.84. The first-order chi connectivity index (χ1) is 14.5. The number of carbonyl (C=O) groups is 1. The molecule has 7 nitrogen and oxygen atoms in total. The van der Waals surface area contributed by atoms with E-state index in [-0.39, 0.29) is 10.8 Å². The van der Waals surface area contributed by atoms with Crippen molar-refractivity contribution < 1.29 is 13.2 Å². The van der Waals surface area contributed by atoms with Gasteiger partial charge in [-0.15, -0.1) is 0 Å². The maximum atomic E-state index is 12.0. The van der Waals surface area contributed by atoms with Gasteiger partial charge in [-0.3, -0.25) is 14.5 Å². The first-order valence-corrected chi connectivity index (χ1v) is 12.6. The van der Waals surface area contributed by atoms with Gasteiger partial charge in [-0.25, -0.2) is 8.42 Å². The fraction of sp³-hybridized carbons (Fsp3) is 0.636. The van der Waals surface area contributed by atoms with Crippen molar-refractivity contribution in [2.75, 3.05) is 32.7 Å². The molecule has 1 aromatic carbocycles. The van der Waals surface area contributed by atoms with E-state index in [0.717, 1.165) is 44.7 Å². The highest BCUT2D eigenvalue weighted by Crippen LogP contribution is 2.22. The number of hydrogen-bond donors (Lipinski definition) is 2. The lowest BCUT2D eigenvalue weighted by atomic mass is 9.99. The molecule has 0 atom stereocenters. The van der Waals surface area contributed by atoms with E-state index in [2.05, 4.69) is 26.9 Å². The molecule has 2 aliphatic heterocycles. The van der Waals surface area contributed by atoms with Crippen molar-refractivity contribution in [1.82, 2.24) is 14.9 Å². The molecule has 0 saturated carbocycles. The zero-order chi connectivity index (χ0) is 21.4. The molecule has 0 unspecified atom stereocenters. The van der Waals surface area contributed by atoms with Crippen LogP contribution in [-0.4, -0.2) is 57.8 Å². The molecule has 2 N–H and O–H groups in total. The largest absolute Gasteiger partial charge is 0.356 e. The van der Waals surface area contributed by atoms with Gasteiger partial charge in [-0.1, -0.05) is 25.5 Å². The highest BCUT2D eigenvalue weighted by Gasteiger charge is 2.29. The number of piperidine rings is 1. The van der Waals surface area contributed by atoms with Crippen molar-refractivity contribution in [3.63, 3.8) is 0 Å². The number of nitrogens with one attached hydrogen (secondary N) is 2. The Morgan fingerprint density at radius 3 is 2.73 bits per heavy atom. The lowest BCUT2D eigenvalue weighted by Crippen LogP contribution is -2.35. The molecule has 1 saturated heterocycles. The minimum Gasteiger partial charge on any atom is -0.356 e. The topological polar surface area (TPSA) is 90.9 Å². The van der Waals surface area contributed by atoms with E-state index >= 15 is 0 Å². The molecule has 0 radical (unpaired) electrons. The van der Waals surface area contributed by atoms with E-state index in [9.17, 15) is 13.2 Å². The van der Waals surface area contributed by atoms with Crippen LogP contribution >= 0.6 is 0 Å². The standard InChI is InChI=1S/C22H34N4O3S/c1-18-11-16-26(17-12-18)15-7-14-23-21(27)10-3-2-6-13-24-22-19-8-4-5-9-20(19)30(28,29)25-22/h4-5,8-9,18H,2-3,6-7,10-17H2,1H3,(H,23,27)(H,24,25). The second-order valence-electron chi connectivity index (χ2n) is 8.37. The number of fused-ring (bicyclic) bond motifs is 1. The van der Waals surface area contributed by atoms with Crippen molar-refractivity contribution in [2.24, 2.45) is 10.9 Å². The predicted molar refractivity (Wildman–Crippen MR) is 119 cm³/mol. The molecule has 0 spiro atoms. The first-order valence-electron chi connectivity index (χ1n) is 11.1. The Morgan fingerprint density at radius 2 is 1.93 bits per heavy atom. The third-order valence-corrected chi connectivity index (χ3v) is 7.24. The van der Waals surface area contributed by atoms with E-state index in [0.29, 0.717) is 24.4 Å². The number of unbranched alkanes of at least 4 members (excludes halogenated alkanes) is 2. The van der Waals surface area contributed by atoms with Crippen LogP contribution in [0.4, 0.5) is 0 Å². The summed E-state index contributed by atoms with van der Waals surface area (Å²) >= 11 is 0. The van der Waals surface area contributed by atoms with Crippen LogP contribution in [0.5, 0.6) is 0 Å². The molecule has 2 heterocycles. The van der Waals surface area contributed by atoms with E-state index in [4.69, 9.17) is 0 Å². The van der Waals surface area contributed by atoms with Gasteiger partial charge in [0.15, 0.2) is 0 Å². The summed E-state index contributed by atoms with van der Waals surface area (Å²) < 4.78 is 26.6. The summed E-state index contributed by atoms with van der Waals surface area (Å²) in [6, 6.07) is 6.87. The average molecular weight is 435 g/mol. The van der Waals surface area contributed by atoms with Crippen molar-refractivity contribution in [1.29, 1.82) is 0 Å². The lowest BCUT2D eigenvalue weighted by molar-refractivity contribution is -0.121. The molecule has 0 aromatic heterocycles. The second-order valence-corrected chi connectivity index (χ2v) is 10.0. The summed E-state index contributed by atoms with van der Waals surface area (Å²) in [7, 11) is -3.47. The summed E-state index contributed by atoms with van der Waals surface area (Å²) in [5.74, 6) is 1.39. The van der Waals surface area contributed by atoms with Gasteiger partial charge in [-0.2, -0.15) is 0 Å². The molecule has 8 heteroatoms. The highest BCUT2D eigenvalue weighted by molar-refractivity contribution is 7.90. The Morgan fingerprint density at radius 1 is 1.17 bits per heavy atom. The Hall–Kier alpha value is -1.93. The van der Waals surface area contributed by atoms with Crippen LogP contribution in [0.3, 0.4) is 0 Å². The number of likely N-dealkylation sites (tertiary alicyclic amines) is 1. The van der Waals surface area contributed by atoms with Crippen LogP contribution in [0.2, 0.25) is 0 Å². The molecule has 3 rings (SSSR count). The molecular weight excluding hydrogens is 400 g/mol. The molecule has 1 fully saturated rings. The molecule has 30 heavy (non-hydrogen) atoms. The molecule has 1 amide bonds. The van der Waals surface area contributed by atoms with Crippen molar-refractivity contribution in [2.45, 2.75) is 56.8 Å². The molecule has 1 aromatic rings. The molecule has 0 aliphatic carbocycles. The number of amides is 1. The van der Waals surface area contributed by atoms with Crippen LogP contribution in [0.25, 0.3) is 0 Å². The summed E-state index contributed by atoms with van der Waals surface area (Å²) in [6.07, 6.45) is 6.66. The van der Waals surface area contributed by atoms with Crippen LogP contribution in [0.15, 0.2) is 34.2 Å². The number of rotatable bonds is 10. The van der Waals surface area contributed by atoms with E-state index < -0.39 is 10.0 Å². The third kappa shape index (κ3) is 6.54. The van der Waals surface area contributed by atoms with Gasteiger partial charge >= 0.3 is 0 Å². The summed E-state index contributed by atoms with van der Waals surface area (Å²) in [6.45, 7) is 7.05. The maximum Gasteiger partial charge on any atom is 0.263 e. The SMILES string of the molecule is CC1CCN(CCCNC(=O)CCCCCN=C2NS(=O)(=O)c3ccccc32)CC1. The van der Waals surface area contributed by atoms with Gasteiger partial charge in [0.2, 0.25) is 5.91 Å². The molecule has 0 bridgehead atoms. The average Bonchev–Trinajstić information content (AvgIpc) is 3.00.